The van der Waals surface area contributed by atoms with Gasteiger partial charge in [0, 0.05) is 0 Å². The second-order valence-electron chi connectivity index (χ2n) is 5.15. The predicted octanol–water partition coefficient (Wildman–Crippen LogP) is 3.29. The summed E-state index contributed by atoms with van der Waals surface area (Å²) in [6.07, 6.45) is 0.729. The van der Waals surface area contributed by atoms with Gasteiger partial charge in [-0.1, -0.05) is 19.1 Å². The third kappa shape index (κ3) is 3.24. The molecule has 1 atom stereocenters. The second kappa shape index (κ2) is 6.83. The minimum Gasteiger partial charge on any atom is -0.480 e. The molecule has 1 heterocycles. The van der Waals surface area contributed by atoms with Crippen molar-refractivity contribution in [3.63, 3.8) is 0 Å². The lowest BCUT2D eigenvalue weighted by Crippen LogP contribution is -2.34. The summed E-state index contributed by atoms with van der Waals surface area (Å²) in [5, 5.41) is 9.01. The number of benzene rings is 1. The van der Waals surface area contributed by atoms with E-state index in [2.05, 4.69) is 4.98 Å². The van der Waals surface area contributed by atoms with Crippen molar-refractivity contribution >= 4 is 17.0 Å². The van der Waals surface area contributed by atoms with Crippen molar-refractivity contribution in [2.75, 3.05) is 13.1 Å². The highest BCUT2D eigenvalue weighted by molar-refractivity contribution is 5.76. The zero-order chi connectivity index (χ0) is 16.3. The fraction of sp³-hybridized carbons (Fsp3) is 0.467. The van der Waals surface area contributed by atoms with E-state index >= 15 is 0 Å². The molecular weight excluding hydrogens is 292 g/mol. The molecule has 2 rings (SSSR count). The topological polar surface area (TPSA) is 58.4 Å². The van der Waals surface area contributed by atoms with Crippen molar-refractivity contribution in [3.05, 3.63) is 30.1 Å². The van der Waals surface area contributed by atoms with Crippen LogP contribution in [-0.2, 0) is 4.79 Å². The number of alkyl halides is 2. The Balaban J connectivity index is 2.47. The van der Waals surface area contributed by atoms with Gasteiger partial charge < -0.3 is 5.11 Å². The van der Waals surface area contributed by atoms with Gasteiger partial charge >= 0.3 is 12.5 Å². The first kappa shape index (κ1) is 16.4. The van der Waals surface area contributed by atoms with Crippen LogP contribution >= 0.6 is 0 Å². The summed E-state index contributed by atoms with van der Waals surface area (Å²) in [6, 6.07) is 6.16. The average molecular weight is 311 g/mol. The minimum absolute atomic E-state index is 0.186. The highest BCUT2D eigenvalue weighted by atomic mass is 19.3. The second-order valence-corrected chi connectivity index (χ2v) is 5.15. The molecule has 2 aromatic rings. The number of hydrogen-bond acceptors (Lipinski definition) is 3. The summed E-state index contributed by atoms with van der Waals surface area (Å²) < 4.78 is 27.8. The van der Waals surface area contributed by atoms with Gasteiger partial charge in [-0.15, -0.1) is 0 Å². The molecule has 0 amide bonds. The summed E-state index contributed by atoms with van der Waals surface area (Å²) in [7, 11) is 0. The van der Waals surface area contributed by atoms with Crippen LogP contribution in [0.4, 0.5) is 8.78 Å². The number of para-hydroxylation sites is 2. The first-order chi connectivity index (χ1) is 10.5. The van der Waals surface area contributed by atoms with E-state index in [0.29, 0.717) is 17.6 Å². The van der Waals surface area contributed by atoms with E-state index in [-0.39, 0.29) is 12.4 Å². The summed E-state index contributed by atoms with van der Waals surface area (Å²) in [5.74, 6) is -0.800. The Bertz CT molecular complexity index is 657. The molecule has 1 aromatic carbocycles. The van der Waals surface area contributed by atoms with Crippen LogP contribution in [0.5, 0.6) is 0 Å². The number of rotatable bonds is 7. The predicted molar refractivity (Wildman–Crippen MR) is 78.9 cm³/mol. The number of hydrogen-bond donors (Lipinski definition) is 1. The maximum atomic E-state index is 13.5. The van der Waals surface area contributed by atoms with Gasteiger partial charge in [-0.25, -0.2) is 4.98 Å². The fourth-order valence-electron chi connectivity index (χ4n) is 2.60. The molecule has 0 aliphatic heterocycles. The smallest absolute Gasteiger partial charge is 0.320 e. The lowest BCUT2D eigenvalue weighted by molar-refractivity contribution is -0.139. The van der Waals surface area contributed by atoms with E-state index in [0.717, 1.165) is 11.0 Å². The Hall–Kier alpha value is -2.02. The lowest BCUT2D eigenvalue weighted by Gasteiger charge is -2.27. The van der Waals surface area contributed by atoms with Crippen LogP contribution in [0, 0.1) is 0 Å². The molecule has 0 spiro atoms. The molecule has 0 bridgehead atoms. The van der Waals surface area contributed by atoms with Crippen LogP contribution in [0.15, 0.2) is 24.3 Å². The highest BCUT2D eigenvalue weighted by Crippen LogP contribution is 2.29. The van der Waals surface area contributed by atoms with E-state index in [1.54, 1.807) is 36.1 Å². The highest BCUT2D eigenvalue weighted by Gasteiger charge is 2.26. The van der Waals surface area contributed by atoms with E-state index < -0.39 is 18.6 Å². The van der Waals surface area contributed by atoms with Gasteiger partial charge in [0.2, 0.25) is 0 Å². The molecule has 22 heavy (non-hydrogen) atoms. The van der Waals surface area contributed by atoms with Crippen molar-refractivity contribution in [2.24, 2.45) is 0 Å². The number of aliphatic carboxylic acids is 1. The Kier molecular flexibility index (Phi) is 5.07. The third-order valence-corrected chi connectivity index (χ3v) is 3.59. The number of aromatic nitrogens is 2. The molecule has 5 nitrogen and oxygen atoms in total. The third-order valence-electron chi connectivity index (χ3n) is 3.59. The van der Waals surface area contributed by atoms with Crippen LogP contribution in [0.2, 0.25) is 0 Å². The normalized spacial score (nSPS) is 13.2. The molecule has 0 fully saturated rings. The van der Waals surface area contributed by atoms with Gasteiger partial charge in [0.1, 0.15) is 5.82 Å². The monoisotopic (exact) mass is 311 g/mol. The van der Waals surface area contributed by atoms with Crippen LogP contribution < -0.4 is 0 Å². The quantitative estimate of drug-likeness (QED) is 0.852. The van der Waals surface area contributed by atoms with Crippen molar-refractivity contribution in [1.82, 2.24) is 14.5 Å². The van der Waals surface area contributed by atoms with E-state index in [4.69, 9.17) is 5.11 Å². The molecule has 0 aliphatic rings. The molecular formula is C15H19F2N3O2. The van der Waals surface area contributed by atoms with Crippen molar-refractivity contribution < 1.29 is 18.7 Å². The number of carbonyl (C=O) groups is 1. The van der Waals surface area contributed by atoms with Crippen molar-refractivity contribution in [2.45, 2.75) is 32.9 Å². The Morgan fingerprint density at radius 2 is 2.09 bits per heavy atom. The van der Waals surface area contributed by atoms with E-state index in [9.17, 15) is 13.6 Å². The number of fused-ring (bicyclic) bond motifs is 1. The number of carboxylic acid groups (broad SMARTS) is 1. The molecule has 1 unspecified atom stereocenters. The van der Waals surface area contributed by atoms with Gasteiger partial charge in [-0.3, -0.25) is 14.3 Å². The molecule has 0 saturated carbocycles. The maximum absolute atomic E-state index is 13.5. The number of nitrogens with zero attached hydrogens (tertiary/aromatic N) is 3. The summed E-state index contributed by atoms with van der Waals surface area (Å²) >= 11 is 0. The van der Waals surface area contributed by atoms with E-state index in [1.165, 1.54) is 0 Å². The van der Waals surface area contributed by atoms with Crippen molar-refractivity contribution in [1.29, 1.82) is 0 Å². The van der Waals surface area contributed by atoms with Crippen LogP contribution in [0.25, 0.3) is 11.0 Å². The molecule has 1 N–H and O–H groups in total. The summed E-state index contributed by atoms with van der Waals surface area (Å²) in [6.45, 7) is 1.19. The molecule has 0 radical (unpaired) electrons. The van der Waals surface area contributed by atoms with Gasteiger partial charge in [0.05, 0.1) is 23.6 Å². The van der Waals surface area contributed by atoms with Crippen LogP contribution in [-0.4, -0.2) is 38.6 Å². The Morgan fingerprint density at radius 3 is 2.68 bits per heavy atom. The van der Waals surface area contributed by atoms with Gasteiger partial charge in [-0.05, 0) is 32.0 Å². The molecule has 120 valence electrons. The van der Waals surface area contributed by atoms with Crippen LogP contribution in [0.1, 0.15) is 38.7 Å². The van der Waals surface area contributed by atoms with Gasteiger partial charge in [0.25, 0.3) is 0 Å². The van der Waals surface area contributed by atoms with E-state index in [1.807, 2.05) is 6.92 Å². The first-order valence-corrected chi connectivity index (χ1v) is 7.16. The SMILES string of the molecule is CCCN(CC(=O)O)C(C)c1nc2ccccc2n1C(F)F. The maximum Gasteiger partial charge on any atom is 0.320 e. The molecule has 7 heteroatoms. The number of carboxylic acids is 1. The zero-order valence-corrected chi connectivity index (χ0v) is 12.5. The largest absolute Gasteiger partial charge is 0.480 e. The molecule has 1 aromatic heterocycles. The van der Waals surface area contributed by atoms with Gasteiger partial charge in [-0.2, -0.15) is 8.78 Å². The lowest BCUT2D eigenvalue weighted by atomic mass is 10.2. The van der Waals surface area contributed by atoms with Gasteiger partial charge in [0.15, 0.2) is 0 Å². The zero-order valence-electron chi connectivity index (χ0n) is 12.5. The number of halogens is 2. The number of imidazole rings is 1. The van der Waals surface area contributed by atoms with Crippen LogP contribution in [0.3, 0.4) is 0 Å². The Morgan fingerprint density at radius 1 is 1.41 bits per heavy atom. The van der Waals surface area contributed by atoms with Crippen molar-refractivity contribution in [3.8, 4) is 0 Å². The first-order valence-electron chi connectivity index (χ1n) is 7.16. The average Bonchev–Trinajstić information content (AvgIpc) is 2.85. The fourth-order valence-corrected chi connectivity index (χ4v) is 2.60. The standard InChI is InChI=1S/C15H19F2N3O2/c1-3-8-19(9-13(21)22)10(2)14-18-11-6-4-5-7-12(11)20(14)15(16)17/h4-7,10,15H,3,8-9H2,1-2H3,(H,21,22). The minimum atomic E-state index is -2.72. The summed E-state index contributed by atoms with van der Waals surface area (Å²) in [5.41, 5.74) is 0.836. The summed E-state index contributed by atoms with van der Waals surface area (Å²) in [4.78, 5) is 16.9. The molecule has 0 saturated heterocycles. The Labute approximate surface area is 127 Å². The molecule has 0 aliphatic carbocycles.